The van der Waals surface area contributed by atoms with Crippen molar-refractivity contribution in [3.63, 3.8) is 0 Å². The van der Waals surface area contributed by atoms with Gasteiger partial charge in [-0.25, -0.2) is 28.9 Å². The van der Waals surface area contributed by atoms with Crippen molar-refractivity contribution >= 4 is 47.5 Å². The Labute approximate surface area is 309 Å². The predicted molar refractivity (Wildman–Crippen MR) is 203 cm³/mol. The number of carbonyl (C=O) groups is 5. The molecule has 0 fully saturated rings. The number of amides is 7. The molecule has 0 aliphatic heterocycles. The van der Waals surface area contributed by atoms with E-state index in [0.29, 0.717) is 58.4 Å². The first-order chi connectivity index (χ1) is 25.0. The zero-order chi connectivity index (χ0) is 38.8. The molecule has 7 amide bonds. The van der Waals surface area contributed by atoms with Crippen LogP contribution in [0.3, 0.4) is 0 Å². The van der Waals surface area contributed by atoms with Gasteiger partial charge in [0.2, 0.25) is 0 Å². The fraction of sp³-hybridized carbons (Fsp3) is 0.771. The van der Waals surface area contributed by atoms with E-state index in [0.717, 1.165) is 87.8 Å². The minimum absolute atomic E-state index is 0.255. The lowest BCUT2D eigenvalue weighted by molar-refractivity contribution is 0.149. The second-order valence-corrected chi connectivity index (χ2v) is 12.3. The molecule has 52 heavy (non-hydrogen) atoms. The van der Waals surface area contributed by atoms with Crippen LogP contribution in [0.15, 0.2) is 15.5 Å². The Bertz CT molecular complexity index is 1070. The number of hydrogen-bond acceptors (Lipinski definition) is 11. The molecule has 17 heteroatoms. The number of nitrogens with one attached hydrogen (secondary N) is 5. The average Bonchev–Trinajstić information content (AvgIpc) is 3.14. The summed E-state index contributed by atoms with van der Waals surface area (Å²) in [5.41, 5.74) is 2.19. The molecule has 0 unspecified atom stereocenters. The molecule has 0 aliphatic rings. The highest BCUT2D eigenvalue weighted by Gasteiger charge is 2.20. The molecular formula is C35H65N9O8. The molecule has 0 saturated carbocycles. The van der Waals surface area contributed by atoms with Crippen LogP contribution in [0.4, 0.5) is 24.0 Å². The van der Waals surface area contributed by atoms with E-state index in [9.17, 15) is 24.0 Å². The van der Waals surface area contributed by atoms with E-state index in [1.807, 2.05) is 20.8 Å². The van der Waals surface area contributed by atoms with Crippen LogP contribution in [-0.2, 0) is 14.5 Å². The summed E-state index contributed by atoms with van der Waals surface area (Å²) in [7, 11) is 0. The van der Waals surface area contributed by atoms with Gasteiger partial charge in [-0.2, -0.15) is 0 Å². The summed E-state index contributed by atoms with van der Waals surface area (Å²) in [4.78, 5) is 76.5. The molecule has 0 heterocycles. The Kier molecular flexibility index (Phi) is 29.7. The van der Waals surface area contributed by atoms with E-state index < -0.39 is 30.3 Å². The maximum absolute atomic E-state index is 13.0. The van der Waals surface area contributed by atoms with Crippen LogP contribution < -0.4 is 26.6 Å². The number of nitrogens with zero attached hydrogens (tertiary/aromatic N) is 4. The fourth-order valence-electron chi connectivity index (χ4n) is 4.05. The van der Waals surface area contributed by atoms with E-state index in [4.69, 9.17) is 14.5 Å². The first-order valence-corrected chi connectivity index (χ1v) is 18.8. The van der Waals surface area contributed by atoms with E-state index in [-0.39, 0.29) is 6.54 Å². The van der Waals surface area contributed by atoms with Crippen LogP contribution in [0, 0.1) is 0 Å². The Balaban J connectivity index is 4.55. The summed E-state index contributed by atoms with van der Waals surface area (Å²) in [6.07, 6.45) is 9.59. The molecule has 0 aromatic heterocycles. The van der Waals surface area contributed by atoms with Gasteiger partial charge in [-0.3, -0.25) is 14.5 Å². The molecule has 0 aromatic rings. The first-order valence-electron chi connectivity index (χ1n) is 18.8. The van der Waals surface area contributed by atoms with Crippen LogP contribution in [-0.4, -0.2) is 91.6 Å². The predicted octanol–water partition coefficient (Wildman–Crippen LogP) is 6.93. The Hall–Kier alpha value is -4.44. The van der Waals surface area contributed by atoms with Gasteiger partial charge < -0.3 is 26.6 Å². The van der Waals surface area contributed by atoms with Crippen molar-refractivity contribution in [1.82, 2.24) is 31.5 Å². The van der Waals surface area contributed by atoms with Gasteiger partial charge in [0, 0.05) is 39.3 Å². The third-order valence-corrected chi connectivity index (χ3v) is 7.75. The normalized spacial score (nSPS) is 11.7. The molecule has 298 valence electrons. The monoisotopic (exact) mass is 739 g/mol. The summed E-state index contributed by atoms with van der Waals surface area (Å²) in [5.74, 6) is 0. The van der Waals surface area contributed by atoms with Gasteiger partial charge >= 0.3 is 30.3 Å². The smallest absolute Gasteiger partial charge is 0.338 e. The molecule has 0 rings (SSSR count). The summed E-state index contributed by atoms with van der Waals surface area (Å²) in [5, 5.41) is 24.8. The van der Waals surface area contributed by atoms with Gasteiger partial charge in [0.05, 0.1) is 17.1 Å². The maximum Gasteiger partial charge on any atom is 0.433 e. The van der Waals surface area contributed by atoms with Gasteiger partial charge in [-0.05, 0) is 78.6 Å². The number of oxime groups is 3. The van der Waals surface area contributed by atoms with Crippen molar-refractivity contribution in [2.24, 2.45) is 15.5 Å². The van der Waals surface area contributed by atoms with Crippen molar-refractivity contribution in [2.75, 3.05) is 39.3 Å². The van der Waals surface area contributed by atoms with E-state index in [1.54, 1.807) is 20.8 Å². The molecule has 0 spiro atoms. The maximum atomic E-state index is 13.0. The minimum Gasteiger partial charge on any atom is -0.338 e. The highest BCUT2D eigenvalue weighted by Crippen LogP contribution is 2.05. The third-order valence-electron chi connectivity index (χ3n) is 7.75. The first kappa shape index (κ1) is 47.6. The number of hydrogen-bond donors (Lipinski definition) is 5. The second-order valence-electron chi connectivity index (χ2n) is 12.3. The SMILES string of the molecule is CC/C(C)=N\OC(=O)NCCCCCCNC(=O)N(CCCCCCNC(=O)O/N=C(/C)CC)C(=O)NCCCCCCNC(=O)O/N=C(\C)CC. The van der Waals surface area contributed by atoms with Crippen LogP contribution >= 0.6 is 0 Å². The number of rotatable bonds is 27. The molecule has 0 aromatic carbocycles. The fourth-order valence-corrected chi connectivity index (χ4v) is 4.05. The quantitative estimate of drug-likeness (QED) is 0.0257. The molecule has 0 radical (unpaired) electrons. The summed E-state index contributed by atoms with van der Waals surface area (Å²) >= 11 is 0. The highest BCUT2D eigenvalue weighted by molar-refractivity contribution is 5.93. The van der Waals surface area contributed by atoms with Gasteiger partial charge in [-0.1, -0.05) is 74.8 Å². The number of imide groups is 1. The van der Waals surface area contributed by atoms with Crippen molar-refractivity contribution in [1.29, 1.82) is 0 Å². The van der Waals surface area contributed by atoms with Crippen LogP contribution in [0.2, 0.25) is 0 Å². The summed E-state index contributed by atoms with van der Waals surface area (Å²) in [6.45, 7) is 13.6. The Morgan fingerprint density at radius 1 is 0.423 bits per heavy atom. The van der Waals surface area contributed by atoms with E-state index in [2.05, 4.69) is 42.1 Å². The molecule has 0 saturated heterocycles. The lowest BCUT2D eigenvalue weighted by Gasteiger charge is -2.22. The Morgan fingerprint density at radius 2 is 0.692 bits per heavy atom. The Morgan fingerprint density at radius 3 is 0.981 bits per heavy atom. The summed E-state index contributed by atoms with van der Waals surface area (Å²) in [6, 6.07) is -0.901. The molecule has 0 bridgehead atoms. The van der Waals surface area contributed by atoms with Gasteiger partial charge in [0.1, 0.15) is 0 Å². The lowest BCUT2D eigenvalue weighted by atomic mass is 10.2. The van der Waals surface area contributed by atoms with Crippen molar-refractivity contribution in [2.45, 2.75) is 138 Å². The number of urea groups is 2. The average molecular weight is 740 g/mol. The van der Waals surface area contributed by atoms with Crippen LogP contribution in [0.25, 0.3) is 0 Å². The third kappa shape index (κ3) is 28.3. The van der Waals surface area contributed by atoms with Crippen LogP contribution in [0.5, 0.6) is 0 Å². The second kappa shape index (κ2) is 32.5. The van der Waals surface area contributed by atoms with Crippen molar-refractivity contribution in [3.05, 3.63) is 0 Å². The van der Waals surface area contributed by atoms with Crippen molar-refractivity contribution in [3.8, 4) is 0 Å². The van der Waals surface area contributed by atoms with Crippen molar-refractivity contribution < 1.29 is 38.5 Å². The molecular weight excluding hydrogens is 674 g/mol. The molecule has 0 atom stereocenters. The summed E-state index contributed by atoms with van der Waals surface area (Å²) < 4.78 is 0. The van der Waals surface area contributed by atoms with E-state index in [1.165, 1.54) is 4.90 Å². The molecule has 0 aliphatic carbocycles. The van der Waals surface area contributed by atoms with Gasteiger partial charge in [0.15, 0.2) is 0 Å². The number of unbranched alkanes of at least 4 members (excludes halogenated alkanes) is 9. The lowest BCUT2D eigenvalue weighted by Crippen LogP contribution is -2.49. The zero-order valence-corrected chi connectivity index (χ0v) is 32.4. The standard InChI is InChI=1S/C35H65N9O8/c1-7-28(4)41-50-33(47)38-24-18-12-10-16-22-36-31(45)44(27-21-15-14-20-26-40-35(49)52-43-30(6)9-3)32(46)37-23-17-11-13-19-25-39-34(48)51-42-29(5)8-2/h7-27H2,1-6H3,(H,36,45)(H,37,46)(H,38,47)(H,39,48)(H,40,49)/b41-28-,42-29+,43-30-. The molecule has 17 nitrogen and oxygen atoms in total. The van der Waals surface area contributed by atoms with Crippen LogP contribution in [0.1, 0.15) is 138 Å². The zero-order valence-electron chi connectivity index (χ0n) is 32.4. The van der Waals surface area contributed by atoms with Gasteiger partial charge in [0.25, 0.3) is 0 Å². The number of carbonyl (C=O) groups excluding carboxylic acids is 5. The highest BCUT2D eigenvalue weighted by atomic mass is 16.7. The van der Waals surface area contributed by atoms with Gasteiger partial charge in [-0.15, -0.1) is 0 Å². The topological polar surface area (TPSA) is 214 Å². The largest absolute Gasteiger partial charge is 0.433 e. The van der Waals surface area contributed by atoms with E-state index >= 15 is 0 Å². The minimum atomic E-state index is -0.596. The molecule has 5 N–H and O–H groups in total.